The van der Waals surface area contributed by atoms with E-state index in [-0.39, 0.29) is 0 Å². The molecule has 1 aromatic rings. The Morgan fingerprint density at radius 2 is 1.28 bits per heavy atom. The summed E-state index contributed by atoms with van der Waals surface area (Å²) in [5.41, 5.74) is 2.46. The van der Waals surface area contributed by atoms with Crippen LogP contribution in [0.3, 0.4) is 0 Å². The topological polar surface area (TPSA) is 24.1 Å². The number of hydrogen-bond acceptors (Lipinski definition) is 2. The van der Waals surface area contributed by atoms with Gasteiger partial charge in [-0.05, 0) is 31.0 Å². The molecular weight excluding hydrogens is 220 g/mol. The fourth-order valence-electron chi connectivity index (χ4n) is 1.95. The molecule has 102 valence electrons. The molecule has 0 spiro atoms. The Morgan fingerprint density at radius 3 is 1.72 bits per heavy atom. The fraction of sp³-hybridized carbons (Fsp3) is 0.625. The minimum absolute atomic E-state index is 1.08. The highest BCUT2D eigenvalue weighted by molar-refractivity contribution is 5.56. The first-order valence-electron chi connectivity index (χ1n) is 7.44. The molecule has 0 saturated heterocycles. The number of benzene rings is 1. The van der Waals surface area contributed by atoms with Gasteiger partial charge in [0.1, 0.15) is 0 Å². The quantitative estimate of drug-likeness (QED) is 0.576. The molecule has 2 nitrogen and oxygen atoms in total. The molecule has 0 atom stereocenters. The van der Waals surface area contributed by atoms with Crippen LogP contribution in [0.2, 0.25) is 0 Å². The number of rotatable bonds is 10. The standard InChI is InChI=1S/C16H28N2/c1-3-5-7-12-17-15-10-9-11-16(14-15)18-13-8-6-4-2/h9-11,14,17-18H,3-8,12-13H2,1-2H3. The van der Waals surface area contributed by atoms with Crippen LogP contribution in [-0.2, 0) is 0 Å². The highest BCUT2D eigenvalue weighted by Crippen LogP contribution is 2.15. The summed E-state index contributed by atoms with van der Waals surface area (Å²) in [5.74, 6) is 0. The smallest absolute Gasteiger partial charge is 0.0360 e. The van der Waals surface area contributed by atoms with Crippen LogP contribution in [0.1, 0.15) is 52.4 Å². The van der Waals surface area contributed by atoms with E-state index >= 15 is 0 Å². The third kappa shape index (κ3) is 6.53. The maximum absolute atomic E-state index is 3.48. The van der Waals surface area contributed by atoms with Gasteiger partial charge in [-0.1, -0.05) is 45.6 Å². The zero-order valence-electron chi connectivity index (χ0n) is 12.0. The van der Waals surface area contributed by atoms with Crippen LogP contribution in [0.5, 0.6) is 0 Å². The number of nitrogens with one attached hydrogen (secondary N) is 2. The predicted molar refractivity (Wildman–Crippen MR) is 82.5 cm³/mol. The summed E-state index contributed by atoms with van der Waals surface area (Å²) in [5, 5.41) is 6.96. The Kier molecular flexibility index (Phi) is 8.11. The van der Waals surface area contributed by atoms with Crippen molar-refractivity contribution in [2.24, 2.45) is 0 Å². The molecule has 0 radical (unpaired) electrons. The van der Waals surface area contributed by atoms with Gasteiger partial charge in [0.25, 0.3) is 0 Å². The molecule has 1 rings (SSSR count). The van der Waals surface area contributed by atoms with Gasteiger partial charge >= 0.3 is 0 Å². The fourth-order valence-corrected chi connectivity index (χ4v) is 1.95. The van der Waals surface area contributed by atoms with Crippen molar-refractivity contribution in [2.45, 2.75) is 52.4 Å². The Balaban J connectivity index is 2.27. The molecule has 0 aliphatic carbocycles. The van der Waals surface area contributed by atoms with Crippen molar-refractivity contribution in [3.05, 3.63) is 24.3 Å². The molecule has 0 bridgehead atoms. The summed E-state index contributed by atoms with van der Waals surface area (Å²) < 4.78 is 0. The summed E-state index contributed by atoms with van der Waals surface area (Å²) in [4.78, 5) is 0. The van der Waals surface area contributed by atoms with Gasteiger partial charge in [0.2, 0.25) is 0 Å². The maximum atomic E-state index is 3.48. The third-order valence-corrected chi connectivity index (χ3v) is 3.08. The Morgan fingerprint density at radius 1 is 0.778 bits per heavy atom. The highest BCUT2D eigenvalue weighted by atomic mass is 14.9. The third-order valence-electron chi connectivity index (χ3n) is 3.08. The molecular formula is C16H28N2. The van der Waals surface area contributed by atoms with Crippen LogP contribution in [0.15, 0.2) is 24.3 Å². The van der Waals surface area contributed by atoms with Gasteiger partial charge in [0.15, 0.2) is 0 Å². The normalized spacial score (nSPS) is 10.3. The summed E-state index contributed by atoms with van der Waals surface area (Å²) in [6.45, 7) is 6.63. The average Bonchev–Trinajstić information content (AvgIpc) is 2.40. The van der Waals surface area contributed by atoms with Crippen LogP contribution >= 0.6 is 0 Å². The predicted octanol–water partition coefficient (Wildman–Crippen LogP) is 4.89. The molecule has 0 unspecified atom stereocenters. The minimum Gasteiger partial charge on any atom is -0.385 e. The zero-order chi connectivity index (χ0) is 13.1. The minimum atomic E-state index is 1.08. The van der Waals surface area contributed by atoms with Crippen molar-refractivity contribution in [1.82, 2.24) is 0 Å². The van der Waals surface area contributed by atoms with Gasteiger partial charge in [0, 0.05) is 24.5 Å². The lowest BCUT2D eigenvalue weighted by molar-refractivity contribution is 0.742. The molecule has 2 heteroatoms. The molecule has 0 saturated carbocycles. The molecule has 1 aromatic carbocycles. The van der Waals surface area contributed by atoms with Crippen LogP contribution in [0.4, 0.5) is 11.4 Å². The Labute approximate surface area is 112 Å². The summed E-state index contributed by atoms with van der Waals surface area (Å²) in [6.07, 6.45) is 7.68. The monoisotopic (exact) mass is 248 g/mol. The van der Waals surface area contributed by atoms with E-state index in [0.717, 1.165) is 13.1 Å². The molecule has 0 aliphatic heterocycles. The number of anilines is 2. The first-order valence-corrected chi connectivity index (χ1v) is 7.44. The van der Waals surface area contributed by atoms with Crippen molar-refractivity contribution >= 4 is 11.4 Å². The van der Waals surface area contributed by atoms with Crippen LogP contribution < -0.4 is 10.6 Å². The lowest BCUT2D eigenvalue weighted by Gasteiger charge is -2.10. The van der Waals surface area contributed by atoms with E-state index in [1.807, 2.05) is 0 Å². The van der Waals surface area contributed by atoms with Gasteiger partial charge in [0.05, 0.1) is 0 Å². The second-order valence-electron chi connectivity index (χ2n) is 4.85. The van der Waals surface area contributed by atoms with E-state index in [4.69, 9.17) is 0 Å². The Hall–Kier alpha value is -1.18. The van der Waals surface area contributed by atoms with Crippen LogP contribution in [-0.4, -0.2) is 13.1 Å². The van der Waals surface area contributed by atoms with Crippen molar-refractivity contribution in [3.63, 3.8) is 0 Å². The SMILES string of the molecule is CCCCCNc1cccc(NCCCCC)c1. The van der Waals surface area contributed by atoms with E-state index in [9.17, 15) is 0 Å². The number of unbranched alkanes of at least 4 members (excludes halogenated alkanes) is 4. The van der Waals surface area contributed by atoms with Gasteiger partial charge in [-0.15, -0.1) is 0 Å². The first-order chi connectivity index (χ1) is 8.86. The van der Waals surface area contributed by atoms with Crippen molar-refractivity contribution in [1.29, 1.82) is 0 Å². The van der Waals surface area contributed by atoms with E-state index in [2.05, 4.69) is 48.7 Å². The highest BCUT2D eigenvalue weighted by Gasteiger charge is 1.95. The lowest BCUT2D eigenvalue weighted by Crippen LogP contribution is -2.04. The van der Waals surface area contributed by atoms with Crippen LogP contribution in [0, 0.1) is 0 Å². The van der Waals surface area contributed by atoms with E-state index in [1.165, 1.54) is 49.9 Å². The zero-order valence-corrected chi connectivity index (χ0v) is 12.0. The van der Waals surface area contributed by atoms with Crippen molar-refractivity contribution < 1.29 is 0 Å². The second kappa shape index (κ2) is 9.81. The molecule has 0 fully saturated rings. The van der Waals surface area contributed by atoms with Gasteiger partial charge in [-0.2, -0.15) is 0 Å². The Bertz CT molecular complexity index is 282. The van der Waals surface area contributed by atoms with E-state index in [1.54, 1.807) is 0 Å². The lowest BCUT2D eigenvalue weighted by atomic mass is 10.2. The molecule has 0 aromatic heterocycles. The maximum Gasteiger partial charge on any atom is 0.0360 e. The average molecular weight is 248 g/mol. The van der Waals surface area contributed by atoms with Crippen molar-refractivity contribution in [3.8, 4) is 0 Å². The largest absolute Gasteiger partial charge is 0.385 e. The second-order valence-corrected chi connectivity index (χ2v) is 4.85. The molecule has 0 aliphatic rings. The van der Waals surface area contributed by atoms with Gasteiger partial charge in [-0.3, -0.25) is 0 Å². The summed E-state index contributed by atoms with van der Waals surface area (Å²) in [7, 11) is 0. The van der Waals surface area contributed by atoms with E-state index < -0.39 is 0 Å². The first kappa shape index (κ1) is 14.9. The number of hydrogen-bond donors (Lipinski definition) is 2. The van der Waals surface area contributed by atoms with Crippen LogP contribution in [0.25, 0.3) is 0 Å². The summed E-state index contributed by atoms with van der Waals surface area (Å²) >= 11 is 0. The molecule has 18 heavy (non-hydrogen) atoms. The van der Waals surface area contributed by atoms with Gasteiger partial charge < -0.3 is 10.6 Å². The van der Waals surface area contributed by atoms with Gasteiger partial charge in [-0.25, -0.2) is 0 Å². The molecule has 2 N–H and O–H groups in total. The van der Waals surface area contributed by atoms with Crippen molar-refractivity contribution in [2.75, 3.05) is 23.7 Å². The van der Waals surface area contributed by atoms with E-state index in [0.29, 0.717) is 0 Å². The molecule has 0 heterocycles. The molecule has 0 amide bonds. The summed E-state index contributed by atoms with van der Waals surface area (Å²) in [6, 6.07) is 8.61.